The molecule has 2 aromatic carbocycles. The second kappa shape index (κ2) is 9.32. The molecule has 0 aliphatic rings. The topological polar surface area (TPSA) is 69.4 Å². The summed E-state index contributed by atoms with van der Waals surface area (Å²) in [6, 6.07) is 9.10. The van der Waals surface area contributed by atoms with E-state index in [4.69, 9.17) is 10.00 Å². The van der Waals surface area contributed by atoms with Crippen LogP contribution in [0.25, 0.3) is 0 Å². The number of nitrogens with zero attached hydrogens (tertiary/aromatic N) is 2. The molecule has 136 valence electrons. The van der Waals surface area contributed by atoms with Gasteiger partial charge in [-0.25, -0.2) is 13.2 Å². The van der Waals surface area contributed by atoms with E-state index in [1.165, 1.54) is 31.3 Å². The molecule has 8 heteroatoms. The van der Waals surface area contributed by atoms with Gasteiger partial charge in [-0.2, -0.15) is 5.26 Å². The summed E-state index contributed by atoms with van der Waals surface area (Å²) in [6.45, 7) is 0.535. The fourth-order valence-electron chi connectivity index (χ4n) is 2.10. The third-order valence-electron chi connectivity index (χ3n) is 3.39. The Hall–Kier alpha value is -3.21. The smallest absolute Gasteiger partial charge is 0.191 e. The number of nitrogens with one attached hydrogen (secondary N) is 2. The van der Waals surface area contributed by atoms with Crippen LogP contribution in [-0.4, -0.2) is 26.2 Å². The highest BCUT2D eigenvalue weighted by Gasteiger charge is 2.06. The van der Waals surface area contributed by atoms with Crippen molar-refractivity contribution < 1.29 is 17.9 Å². The Labute approximate surface area is 149 Å². The minimum atomic E-state index is -0.777. The number of benzene rings is 2. The number of aliphatic imine (C=N–C) groups is 1. The summed E-state index contributed by atoms with van der Waals surface area (Å²) in [5.74, 6) is -1.55. The highest BCUT2D eigenvalue weighted by atomic mass is 19.1. The fraction of sp³-hybridized carbons (Fsp3) is 0.222. The molecule has 0 fully saturated rings. The monoisotopic (exact) mass is 362 g/mol. The molecule has 0 atom stereocenters. The first-order chi connectivity index (χ1) is 12.5. The van der Waals surface area contributed by atoms with Crippen molar-refractivity contribution in [3.8, 4) is 11.8 Å². The molecule has 0 saturated heterocycles. The van der Waals surface area contributed by atoms with Crippen LogP contribution in [0, 0.1) is 28.8 Å². The Bertz CT molecular complexity index is 834. The van der Waals surface area contributed by atoms with Crippen LogP contribution < -0.4 is 15.4 Å². The van der Waals surface area contributed by atoms with Crippen molar-refractivity contribution in [2.24, 2.45) is 4.99 Å². The number of guanidine groups is 1. The van der Waals surface area contributed by atoms with Gasteiger partial charge in [0.1, 0.15) is 18.2 Å². The molecule has 0 amide bonds. The Morgan fingerprint density at radius 1 is 1.12 bits per heavy atom. The Morgan fingerprint density at radius 2 is 1.92 bits per heavy atom. The third-order valence-corrected chi connectivity index (χ3v) is 3.39. The SMILES string of the molecule is CN=C(NCCOc1ccc(F)cc1F)NCc1cc(C#N)ccc1F. The lowest BCUT2D eigenvalue weighted by atomic mass is 10.1. The van der Waals surface area contributed by atoms with E-state index in [9.17, 15) is 13.2 Å². The highest BCUT2D eigenvalue weighted by Crippen LogP contribution is 2.17. The molecule has 0 bridgehead atoms. The lowest BCUT2D eigenvalue weighted by Gasteiger charge is -2.13. The normalized spacial score (nSPS) is 11.0. The third kappa shape index (κ3) is 5.41. The van der Waals surface area contributed by atoms with Crippen LogP contribution in [0.1, 0.15) is 11.1 Å². The van der Waals surface area contributed by atoms with E-state index < -0.39 is 17.5 Å². The summed E-state index contributed by atoms with van der Waals surface area (Å²) in [5, 5.41) is 14.7. The maximum atomic E-state index is 13.7. The fourth-order valence-corrected chi connectivity index (χ4v) is 2.10. The summed E-state index contributed by atoms with van der Waals surface area (Å²) in [4.78, 5) is 3.98. The first kappa shape index (κ1) is 19.1. The lowest BCUT2D eigenvalue weighted by Crippen LogP contribution is -2.39. The molecule has 0 aliphatic carbocycles. The molecule has 0 spiro atoms. The zero-order valence-corrected chi connectivity index (χ0v) is 14.0. The van der Waals surface area contributed by atoms with Gasteiger partial charge in [-0.1, -0.05) is 0 Å². The standard InChI is InChI=1S/C18H17F3N4O/c1-23-18(25-11-13-8-12(10-22)2-4-15(13)20)24-6-7-26-17-5-3-14(19)9-16(17)21/h2-5,8-9H,6-7,11H2,1H3,(H2,23,24,25). The predicted octanol–water partition coefficient (Wildman–Crippen LogP) is 2.72. The number of halogens is 3. The number of rotatable bonds is 6. The molecular weight excluding hydrogens is 345 g/mol. The van der Waals surface area contributed by atoms with Gasteiger partial charge in [0.15, 0.2) is 17.5 Å². The van der Waals surface area contributed by atoms with Gasteiger partial charge in [0.05, 0.1) is 18.2 Å². The minimum Gasteiger partial charge on any atom is -0.489 e. The van der Waals surface area contributed by atoms with E-state index in [2.05, 4.69) is 15.6 Å². The largest absolute Gasteiger partial charge is 0.489 e. The summed E-state index contributed by atoms with van der Waals surface area (Å²) < 4.78 is 45.2. The molecule has 26 heavy (non-hydrogen) atoms. The van der Waals surface area contributed by atoms with E-state index in [0.717, 1.165) is 12.1 Å². The van der Waals surface area contributed by atoms with Gasteiger partial charge >= 0.3 is 0 Å². The molecule has 0 saturated carbocycles. The highest BCUT2D eigenvalue weighted by molar-refractivity contribution is 5.79. The van der Waals surface area contributed by atoms with E-state index in [0.29, 0.717) is 17.1 Å². The molecule has 2 rings (SSSR count). The van der Waals surface area contributed by atoms with Crippen LogP contribution in [0.2, 0.25) is 0 Å². The molecule has 2 aromatic rings. The van der Waals surface area contributed by atoms with Gasteiger partial charge in [0.2, 0.25) is 0 Å². The molecule has 0 aromatic heterocycles. The Kier molecular flexibility index (Phi) is 6.85. The molecule has 0 heterocycles. The second-order valence-corrected chi connectivity index (χ2v) is 5.19. The van der Waals surface area contributed by atoms with E-state index in [1.54, 1.807) is 0 Å². The number of hydrogen-bond donors (Lipinski definition) is 2. The number of hydrogen-bond acceptors (Lipinski definition) is 3. The van der Waals surface area contributed by atoms with Gasteiger partial charge in [-0.05, 0) is 30.3 Å². The quantitative estimate of drug-likeness (QED) is 0.471. The predicted molar refractivity (Wildman–Crippen MR) is 91.2 cm³/mol. The average molecular weight is 362 g/mol. The van der Waals surface area contributed by atoms with E-state index in [1.807, 2.05) is 6.07 Å². The average Bonchev–Trinajstić information content (AvgIpc) is 2.63. The van der Waals surface area contributed by atoms with Crippen LogP contribution in [-0.2, 0) is 6.54 Å². The zero-order valence-electron chi connectivity index (χ0n) is 14.0. The van der Waals surface area contributed by atoms with Crippen LogP contribution in [0.3, 0.4) is 0 Å². The summed E-state index contributed by atoms with van der Waals surface area (Å²) >= 11 is 0. The lowest BCUT2D eigenvalue weighted by molar-refractivity contribution is 0.304. The van der Waals surface area contributed by atoms with Crippen LogP contribution in [0.15, 0.2) is 41.4 Å². The maximum Gasteiger partial charge on any atom is 0.191 e. The minimum absolute atomic E-state index is 0.0495. The van der Waals surface area contributed by atoms with Crippen molar-refractivity contribution in [2.75, 3.05) is 20.2 Å². The van der Waals surface area contributed by atoms with Gasteiger partial charge in [-0.15, -0.1) is 0 Å². The van der Waals surface area contributed by atoms with Gasteiger partial charge in [0, 0.05) is 25.2 Å². The molecule has 0 unspecified atom stereocenters. The van der Waals surface area contributed by atoms with Crippen molar-refractivity contribution >= 4 is 5.96 Å². The summed E-state index contributed by atoms with van der Waals surface area (Å²) in [5.41, 5.74) is 0.692. The number of ether oxygens (including phenoxy) is 1. The molecule has 0 aliphatic heterocycles. The van der Waals surface area contributed by atoms with E-state index >= 15 is 0 Å². The molecule has 0 radical (unpaired) electrons. The van der Waals surface area contributed by atoms with Crippen LogP contribution in [0.5, 0.6) is 5.75 Å². The van der Waals surface area contributed by atoms with Crippen molar-refractivity contribution in [3.05, 3.63) is 65.0 Å². The second-order valence-electron chi connectivity index (χ2n) is 5.19. The van der Waals surface area contributed by atoms with Crippen molar-refractivity contribution in [1.82, 2.24) is 10.6 Å². The van der Waals surface area contributed by atoms with Crippen molar-refractivity contribution in [2.45, 2.75) is 6.54 Å². The van der Waals surface area contributed by atoms with Gasteiger partial charge in [-0.3, -0.25) is 4.99 Å². The Balaban J connectivity index is 1.80. The van der Waals surface area contributed by atoms with Crippen LogP contribution >= 0.6 is 0 Å². The van der Waals surface area contributed by atoms with Crippen molar-refractivity contribution in [1.29, 1.82) is 5.26 Å². The van der Waals surface area contributed by atoms with Gasteiger partial charge < -0.3 is 15.4 Å². The zero-order chi connectivity index (χ0) is 18.9. The first-order valence-electron chi connectivity index (χ1n) is 7.74. The van der Waals surface area contributed by atoms with E-state index in [-0.39, 0.29) is 25.4 Å². The van der Waals surface area contributed by atoms with Crippen LogP contribution in [0.4, 0.5) is 13.2 Å². The molecule has 2 N–H and O–H groups in total. The van der Waals surface area contributed by atoms with Gasteiger partial charge in [0.25, 0.3) is 0 Å². The van der Waals surface area contributed by atoms with Crippen molar-refractivity contribution in [3.63, 3.8) is 0 Å². The molecule has 5 nitrogen and oxygen atoms in total. The molecular formula is C18H17F3N4O. The summed E-state index contributed by atoms with van der Waals surface area (Å²) in [7, 11) is 1.54. The Morgan fingerprint density at radius 3 is 2.62 bits per heavy atom. The summed E-state index contributed by atoms with van der Waals surface area (Å²) in [6.07, 6.45) is 0. The first-order valence-corrected chi connectivity index (χ1v) is 7.74. The number of nitriles is 1. The maximum absolute atomic E-state index is 13.7.